The maximum absolute atomic E-state index is 13.1. The number of nitrogens with one attached hydrogen (secondary N) is 1. The summed E-state index contributed by atoms with van der Waals surface area (Å²) >= 11 is 3.46. The van der Waals surface area contributed by atoms with Crippen LogP contribution in [0.5, 0.6) is 11.5 Å². The lowest BCUT2D eigenvalue weighted by molar-refractivity contribution is 0.352. The summed E-state index contributed by atoms with van der Waals surface area (Å²) in [5.41, 5.74) is 1.96. The third-order valence-corrected chi connectivity index (χ3v) is 3.63. The predicted octanol–water partition coefficient (Wildman–Crippen LogP) is 3.90. The maximum Gasteiger partial charge on any atom is 0.174 e. The zero-order valence-electron chi connectivity index (χ0n) is 12.0. The molecule has 0 bridgehead atoms. The lowest BCUT2D eigenvalue weighted by atomic mass is 10.2. The molecule has 3 nitrogen and oxygen atoms in total. The third-order valence-electron chi connectivity index (χ3n) is 3.04. The molecule has 0 radical (unpaired) electrons. The molecule has 2 aromatic rings. The number of halogens is 2. The van der Waals surface area contributed by atoms with E-state index in [1.165, 1.54) is 12.1 Å². The first kappa shape index (κ1) is 15.8. The van der Waals surface area contributed by atoms with Gasteiger partial charge in [-0.1, -0.05) is 12.1 Å². The highest BCUT2D eigenvalue weighted by Gasteiger charge is 2.10. The van der Waals surface area contributed by atoms with Gasteiger partial charge in [0.25, 0.3) is 0 Å². The van der Waals surface area contributed by atoms with E-state index in [0.29, 0.717) is 24.6 Å². The van der Waals surface area contributed by atoms with Crippen LogP contribution in [-0.2, 0) is 13.1 Å². The van der Waals surface area contributed by atoms with E-state index >= 15 is 0 Å². The average Bonchev–Trinajstić information content (AvgIpc) is 2.46. The second-order valence-corrected chi connectivity index (χ2v) is 5.40. The van der Waals surface area contributed by atoms with Gasteiger partial charge in [0.15, 0.2) is 11.5 Å². The van der Waals surface area contributed by atoms with Crippen molar-refractivity contribution in [1.29, 1.82) is 0 Å². The van der Waals surface area contributed by atoms with Crippen LogP contribution in [0.15, 0.2) is 40.9 Å². The van der Waals surface area contributed by atoms with Crippen molar-refractivity contribution in [2.24, 2.45) is 0 Å². The topological polar surface area (TPSA) is 30.5 Å². The van der Waals surface area contributed by atoms with Gasteiger partial charge in [-0.05, 0) is 51.3 Å². The highest BCUT2D eigenvalue weighted by atomic mass is 79.9. The molecule has 112 valence electrons. The molecule has 0 aliphatic heterocycles. The van der Waals surface area contributed by atoms with Crippen LogP contribution in [0.4, 0.5) is 4.39 Å². The Morgan fingerprint density at radius 1 is 1.05 bits per heavy atom. The summed E-state index contributed by atoms with van der Waals surface area (Å²) in [6.07, 6.45) is 0. The van der Waals surface area contributed by atoms with Gasteiger partial charge in [-0.3, -0.25) is 0 Å². The summed E-state index contributed by atoms with van der Waals surface area (Å²) in [5, 5.41) is 3.28. The summed E-state index contributed by atoms with van der Waals surface area (Å²) < 4.78 is 24.5. The van der Waals surface area contributed by atoms with Crippen LogP contribution in [-0.4, -0.2) is 14.2 Å². The fourth-order valence-electron chi connectivity index (χ4n) is 2.07. The van der Waals surface area contributed by atoms with Gasteiger partial charge in [-0.25, -0.2) is 4.39 Å². The number of hydrogen-bond donors (Lipinski definition) is 1. The first-order valence-corrected chi connectivity index (χ1v) is 7.29. The maximum atomic E-state index is 13.1. The van der Waals surface area contributed by atoms with Crippen LogP contribution < -0.4 is 14.8 Å². The summed E-state index contributed by atoms with van der Waals surface area (Å²) in [4.78, 5) is 0. The SMILES string of the molecule is COc1cc(CNCc2cccc(F)c2)cc(Br)c1OC. The standard InChI is InChI=1S/C16H17BrFNO2/c1-20-15-8-12(7-14(17)16(15)21-2)10-19-9-11-4-3-5-13(18)6-11/h3-8,19H,9-10H2,1-2H3. The lowest BCUT2D eigenvalue weighted by Gasteiger charge is -2.12. The molecule has 0 saturated heterocycles. The quantitative estimate of drug-likeness (QED) is 0.854. The number of hydrogen-bond acceptors (Lipinski definition) is 3. The van der Waals surface area contributed by atoms with Gasteiger partial charge < -0.3 is 14.8 Å². The second-order valence-electron chi connectivity index (χ2n) is 4.55. The van der Waals surface area contributed by atoms with Crippen LogP contribution in [0.1, 0.15) is 11.1 Å². The Morgan fingerprint density at radius 3 is 2.48 bits per heavy atom. The summed E-state index contributed by atoms with van der Waals surface area (Å²) in [6.45, 7) is 1.25. The zero-order valence-corrected chi connectivity index (χ0v) is 13.5. The molecule has 0 fully saturated rings. The molecule has 0 atom stereocenters. The Labute approximate surface area is 132 Å². The van der Waals surface area contributed by atoms with Crippen LogP contribution in [0.3, 0.4) is 0 Å². The third kappa shape index (κ3) is 4.19. The molecule has 2 aromatic carbocycles. The minimum Gasteiger partial charge on any atom is -0.493 e. The van der Waals surface area contributed by atoms with Crippen molar-refractivity contribution in [2.75, 3.05) is 14.2 Å². The van der Waals surface area contributed by atoms with Gasteiger partial charge in [0, 0.05) is 13.1 Å². The van der Waals surface area contributed by atoms with E-state index in [-0.39, 0.29) is 5.82 Å². The van der Waals surface area contributed by atoms with Crippen molar-refractivity contribution in [2.45, 2.75) is 13.1 Å². The molecule has 5 heteroatoms. The summed E-state index contributed by atoms with van der Waals surface area (Å²) in [6, 6.07) is 10.5. The molecule has 0 aliphatic carbocycles. The smallest absolute Gasteiger partial charge is 0.174 e. The molecule has 0 aromatic heterocycles. The van der Waals surface area contributed by atoms with Gasteiger partial charge in [-0.15, -0.1) is 0 Å². The molecule has 2 rings (SSSR count). The van der Waals surface area contributed by atoms with Crippen molar-refractivity contribution >= 4 is 15.9 Å². The number of rotatable bonds is 6. The highest BCUT2D eigenvalue weighted by molar-refractivity contribution is 9.10. The monoisotopic (exact) mass is 353 g/mol. The van der Waals surface area contributed by atoms with Crippen molar-refractivity contribution in [1.82, 2.24) is 5.32 Å². The molecule has 0 aliphatic rings. The van der Waals surface area contributed by atoms with Crippen LogP contribution >= 0.6 is 15.9 Å². The van der Waals surface area contributed by atoms with Gasteiger partial charge in [0.1, 0.15) is 5.82 Å². The van der Waals surface area contributed by atoms with E-state index in [0.717, 1.165) is 15.6 Å². The second kappa shape index (κ2) is 7.43. The molecular formula is C16H17BrFNO2. The van der Waals surface area contributed by atoms with E-state index in [9.17, 15) is 4.39 Å². The van der Waals surface area contributed by atoms with E-state index in [2.05, 4.69) is 21.2 Å². The summed E-state index contributed by atoms with van der Waals surface area (Å²) in [5.74, 6) is 1.13. The zero-order chi connectivity index (χ0) is 15.2. The Bertz CT molecular complexity index is 619. The highest BCUT2D eigenvalue weighted by Crippen LogP contribution is 2.36. The Balaban J connectivity index is 2.02. The Hall–Kier alpha value is -1.59. The summed E-state index contributed by atoms with van der Waals surface area (Å²) in [7, 11) is 3.21. The fraction of sp³-hybridized carbons (Fsp3) is 0.250. The first-order valence-electron chi connectivity index (χ1n) is 6.49. The fourth-order valence-corrected chi connectivity index (χ4v) is 2.72. The van der Waals surface area contributed by atoms with Crippen molar-refractivity contribution < 1.29 is 13.9 Å². The van der Waals surface area contributed by atoms with Crippen molar-refractivity contribution in [3.8, 4) is 11.5 Å². The minimum atomic E-state index is -0.219. The van der Waals surface area contributed by atoms with Crippen LogP contribution in [0.2, 0.25) is 0 Å². The molecule has 0 heterocycles. The van der Waals surface area contributed by atoms with Gasteiger partial charge in [0.05, 0.1) is 18.7 Å². The molecule has 1 N–H and O–H groups in total. The average molecular weight is 354 g/mol. The van der Waals surface area contributed by atoms with Crippen LogP contribution in [0.25, 0.3) is 0 Å². The van der Waals surface area contributed by atoms with Crippen molar-refractivity contribution in [3.05, 3.63) is 57.8 Å². The Morgan fingerprint density at radius 2 is 1.81 bits per heavy atom. The lowest BCUT2D eigenvalue weighted by Crippen LogP contribution is -2.13. The Kier molecular flexibility index (Phi) is 5.59. The molecule has 21 heavy (non-hydrogen) atoms. The van der Waals surface area contributed by atoms with E-state index in [1.54, 1.807) is 20.3 Å². The van der Waals surface area contributed by atoms with E-state index in [4.69, 9.17) is 9.47 Å². The first-order chi connectivity index (χ1) is 10.1. The molecule has 0 spiro atoms. The molecule has 0 saturated carbocycles. The van der Waals surface area contributed by atoms with Gasteiger partial charge in [-0.2, -0.15) is 0 Å². The van der Waals surface area contributed by atoms with Gasteiger partial charge in [0.2, 0.25) is 0 Å². The molecule has 0 amide bonds. The predicted molar refractivity (Wildman–Crippen MR) is 84.2 cm³/mol. The van der Waals surface area contributed by atoms with E-state index in [1.807, 2.05) is 18.2 Å². The largest absolute Gasteiger partial charge is 0.493 e. The minimum absolute atomic E-state index is 0.219. The number of benzene rings is 2. The van der Waals surface area contributed by atoms with Gasteiger partial charge >= 0.3 is 0 Å². The van der Waals surface area contributed by atoms with Crippen molar-refractivity contribution in [3.63, 3.8) is 0 Å². The molecule has 0 unspecified atom stereocenters. The number of methoxy groups -OCH3 is 2. The number of ether oxygens (including phenoxy) is 2. The molecular weight excluding hydrogens is 337 g/mol. The van der Waals surface area contributed by atoms with E-state index < -0.39 is 0 Å². The normalized spacial score (nSPS) is 10.5. The van der Waals surface area contributed by atoms with Crippen LogP contribution in [0, 0.1) is 5.82 Å².